The van der Waals surface area contributed by atoms with Crippen molar-refractivity contribution in [3.05, 3.63) is 64.1 Å². The van der Waals surface area contributed by atoms with Crippen LogP contribution in [-0.2, 0) is 6.54 Å². The third-order valence-electron chi connectivity index (χ3n) is 5.90. The maximum absolute atomic E-state index is 12.7. The highest BCUT2D eigenvalue weighted by molar-refractivity contribution is 6.35. The van der Waals surface area contributed by atoms with Gasteiger partial charge in [-0.2, -0.15) is 0 Å². The molecule has 5 nitrogen and oxygen atoms in total. The second-order valence-corrected chi connectivity index (χ2v) is 9.14. The normalized spacial score (nSPS) is 15.5. The van der Waals surface area contributed by atoms with Crippen molar-refractivity contribution in [1.29, 1.82) is 0 Å². The number of likely N-dealkylation sites (tertiary alicyclic amines) is 1. The topological polar surface area (TPSA) is 46.5 Å². The second kappa shape index (κ2) is 9.51. The van der Waals surface area contributed by atoms with Crippen LogP contribution in [0.25, 0.3) is 10.9 Å². The molecule has 1 saturated heterocycles. The van der Waals surface area contributed by atoms with E-state index in [1.807, 2.05) is 47.0 Å². The van der Waals surface area contributed by atoms with Gasteiger partial charge in [-0.25, -0.2) is 4.79 Å². The van der Waals surface area contributed by atoms with Gasteiger partial charge in [-0.05, 0) is 50.5 Å². The van der Waals surface area contributed by atoms with Crippen LogP contribution in [0.15, 0.2) is 48.5 Å². The van der Waals surface area contributed by atoms with Crippen LogP contribution in [0, 0.1) is 0 Å². The maximum atomic E-state index is 12.7. The van der Waals surface area contributed by atoms with E-state index < -0.39 is 6.09 Å². The fourth-order valence-corrected chi connectivity index (χ4v) is 4.57. The van der Waals surface area contributed by atoms with Crippen LogP contribution in [-0.4, -0.2) is 40.7 Å². The van der Waals surface area contributed by atoms with Crippen molar-refractivity contribution in [3.8, 4) is 5.88 Å². The summed E-state index contributed by atoms with van der Waals surface area (Å²) >= 11 is 12.4. The number of nitrogens with zero attached hydrogens (tertiary/aromatic N) is 2. The first kappa shape index (κ1) is 22.0. The summed E-state index contributed by atoms with van der Waals surface area (Å²) in [5.74, 6) is 0.490. The molecular weight excluding hydrogens is 433 g/mol. The molecule has 1 aromatic heterocycles. The van der Waals surface area contributed by atoms with E-state index in [0.717, 1.165) is 42.4 Å². The van der Waals surface area contributed by atoms with Gasteiger partial charge < -0.3 is 19.5 Å². The molecule has 2 heterocycles. The number of nitrogens with one attached hydrogen (secondary N) is 1. The predicted molar refractivity (Wildman–Crippen MR) is 126 cm³/mol. The summed E-state index contributed by atoms with van der Waals surface area (Å²) in [6.45, 7) is 6.84. The molecule has 0 radical (unpaired) electrons. The van der Waals surface area contributed by atoms with Crippen LogP contribution in [0.1, 0.15) is 32.3 Å². The Morgan fingerprint density at radius 1 is 1.13 bits per heavy atom. The molecule has 0 aliphatic carbocycles. The third-order valence-corrected chi connectivity index (χ3v) is 6.48. The number of ether oxygens (including phenoxy) is 1. The number of piperidine rings is 1. The summed E-state index contributed by atoms with van der Waals surface area (Å²) in [7, 11) is 0. The lowest BCUT2D eigenvalue weighted by atomic mass is 10.0. The highest BCUT2D eigenvalue weighted by atomic mass is 35.5. The zero-order valence-electron chi connectivity index (χ0n) is 17.8. The number of fused-ring (bicyclic) bond motifs is 1. The van der Waals surface area contributed by atoms with Crippen LogP contribution >= 0.6 is 23.2 Å². The van der Waals surface area contributed by atoms with Crippen molar-refractivity contribution < 1.29 is 9.53 Å². The van der Waals surface area contributed by atoms with Crippen molar-refractivity contribution in [1.82, 2.24) is 14.8 Å². The largest absolute Gasteiger partial charge is 0.414 e. The molecule has 1 N–H and O–H groups in total. The Labute approximate surface area is 192 Å². The van der Waals surface area contributed by atoms with E-state index in [0.29, 0.717) is 28.5 Å². The van der Waals surface area contributed by atoms with E-state index in [9.17, 15) is 4.79 Å². The molecule has 1 amide bonds. The fraction of sp³-hybridized carbons (Fsp3) is 0.375. The predicted octanol–water partition coefficient (Wildman–Crippen LogP) is 5.96. The van der Waals surface area contributed by atoms with Gasteiger partial charge in [-0.3, -0.25) is 0 Å². The van der Waals surface area contributed by atoms with E-state index in [4.69, 9.17) is 27.9 Å². The van der Waals surface area contributed by atoms with Gasteiger partial charge in [-0.15, -0.1) is 0 Å². The minimum atomic E-state index is -0.422. The Morgan fingerprint density at radius 3 is 2.58 bits per heavy atom. The molecule has 164 valence electrons. The lowest BCUT2D eigenvalue weighted by Gasteiger charge is -2.34. The van der Waals surface area contributed by atoms with Crippen molar-refractivity contribution in [2.75, 3.05) is 13.1 Å². The van der Waals surface area contributed by atoms with Crippen molar-refractivity contribution in [3.63, 3.8) is 0 Å². The van der Waals surface area contributed by atoms with Gasteiger partial charge in [0.05, 0.1) is 12.1 Å². The minimum absolute atomic E-state index is 0.131. The van der Waals surface area contributed by atoms with E-state index >= 15 is 0 Å². The highest BCUT2D eigenvalue weighted by Crippen LogP contribution is 2.29. The second-order valence-electron chi connectivity index (χ2n) is 8.30. The number of benzene rings is 2. The molecule has 7 heteroatoms. The van der Waals surface area contributed by atoms with E-state index in [2.05, 4.69) is 24.1 Å². The quantitative estimate of drug-likeness (QED) is 0.511. The molecule has 0 saturated carbocycles. The maximum Gasteiger partial charge on any atom is 0.414 e. The molecule has 1 aliphatic rings. The summed E-state index contributed by atoms with van der Waals surface area (Å²) in [5.41, 5.74) is 1.88. The SMILES string of the molecule is CC(C)N1CCC(NC(=O)Oc2cc3ccccc3n2Cc2ccc(Cl)cc2Cl)CC1. The lowest BCUT2D eigenvalue weighted by Crippen LogP contribution is -2.47. The van der Waals surface area contributed by atoms with Crippen molar-refractivity contribution >= 4 is 40.2 Å². The van der Waals surface area contributed by atoms with Gasteiger partial charge in [0.25, 0.3) is 0 Å². The fourth-order valence-electron chi connectivity index (χ4n) is 4.10. The molecule has 31 heavy (non-hydrogen) atoms. The number of para-hydroxylation sites is 1. The van der Waals surface area contributed by atoms with E-state index in [1.54, 1.807) is 6.07 Å². The average molecular weight is 460 g/mol. The first-order valence-electron chi connectivity index (χ1n) is 10.7. The van der Waals surface area contributed by atoms with Crippen molar-refractivity contribution in [2.24, 2.45) is 0 Å². The molecule has 0 unspecified atom stereocenters. The summed E-state index contributed by atoms with van der Waals surface area (Å²) in [5, 5.41) is 5.21. The first-order valence-corrected chi connectivity index (χ1v) is 11.4. The van der Waals surface area contributed by atoms with Crippen LogP contribution in [0.3, 0.4) is 0 Å². The molecule has 1 fully saturated rings. The number of carbonyl (C=O) groups is 1. The Morgan fingerprint density at radius 2 is 1.87 bits per heavy atom. The van der Waals surface area contributed by atoms with Gasteiger partial charge >= 0.3 is 6.09 Å². The number of hydrogen-bond donors (Lipinski definition) is 1. The summed E-state index contributed by atoms with van der Waals surface area (Å²) in [6.07, 6.45) is 1.43. The van der Waals surface area contributed by atoms with Crippen LogP contribution in [0.5, 0.6) is 5.88 Å². The molecule has 2 aromatic carbocycles. The number of amides is 1. The monoisotopic (exact) mass is 459 g/mol. The zero-order chi connectivity index (χ0) is 22.0. The molecule has 3 aromatic rings. The number of aromatic nitrogens is 1. The van der Waals surface area contributed by atoms with E-state index in [-0.39, 0.29) is 6.04 Å². The molecule has 4 rings (SSSR count). The number of rotatable bonds is 5. The smallest absolute Gasteiger partial charge is 0.393 e. The highest BCUT2D eigenvalue weighted by Gasteiger charge is 2.23. The Hall–Kier alpha value is -2.21. The molecule has 0 spiro atoms. The molecule has 1 aliphatic heterocycles. The minimum Gasteiger partial charge on any atom is -0.393 e. The summed E-state index contributed by atoms with van der Waals surface area (Å²) in [6, 6.07) is 15.9. The number of carbonyl (C=O) groups excluding carboxylic acids is 1. The average Bonchev–Trinajstić information content (AvgIpc) is 3.07. The van der Waals surface area contributed by atoms with Crippen LogP contribution in [0.2, 0.25) is 10.0 Å². The first-order chi connectivity index (χ1) is 14.9. The zero-order valence-corrected chi connectivity index (χ0v) is 19.3. The van der Waals surface area contributed by atoms with Gasteiger partial charge in [0, 0.05) is 46.7 Å². The standard InChI is InChI=1S/C24H27Cl2N3O2/c1-16(2)28-11-9-20(10-12-28)27-24(30)31-23-13-17-5-3-4-6-22(17)29(23)15-18-7-8-19(25)14-21(18)26/h3-8,13-14,16,20H,9-12,15H2,1-2H3,(H,27,30). The van der Waals surface area contributed by atoms with Crippen LogP contribution < -0.4 is 10.1 Å². The van der Waals surface area contributed by atoms with Crippen LogP contribution in [0.4, 0.5) is 4.79 Å². The molecular formula is C24H27Cl2N3O2. The van der Waals surface area contributed by atoms with E-state index in [1.165, 1.54) is 0 Å². The molecule has 0 bridgehead atoms. The van der Waals surface area contributed by atoms with Gasteiger partial charge in [-0.1, -0.05) is 47.5 Å². The summed E-state index contributed by atoms with van der Waals surface area (Å²) in [4.78, 5) is 15.1. The number of halogens is 2. The Kier molecular flexibility index (Phi) is 6.75. The van der Waals surface area contributed by atoms with Gasteiger partial charge in [0.15, 0.2) is 0 Å². The van der Waals surface area contributed by atoms with Crippen molar-refractivity contribution in [2.45, 2.75) is 45.3 Å². The lowest BCUT2D eigenvalue weighted by molar-refractivity contribution is 0.151. The third kappa shape index (κ3) is 5.17. The Bertz CT molecular complexity index is 1070. The molecule has 0 atom stereocenters. The van der Waals surface area contributed by atoms with Gasteiger partial charge in [0.1, 0.15) is 0 Å². The Balaban J connectivity index is 1.51. The van der Waals surface area contributed by atoms with Gasteiger partial charge in [0.2, 0.25) is 5.88 Å². The summed E-state index contributed by atoms with van der Waals surface area (Å²) < 4.78 is 7.74. The number of hydrogen-bond acceptors (Lipinski definition) is 3.